The molecule has 0 aromatic carbocycles. The van der Waals surface area contributed by atoms with Gasteiger partial charge < -0.3 is 14.3 Å². The van der Waals surface area contributed by atoms with Gasteiger partial charge in [-0.25, -0.2) is 0 Å². The molecule has 2 bridgehead atoms. The van der Waals surface area contributed by atoms with E-state index < -0.39 is 5.60 Å². The van der Waals surface area contributed by atoms with E-state index in [9.17, 15) is 14.4 Å². The minimum absolute atomic E-state index is 0.0158. The molecule has 6 aliphatic rings. The lowest BCUT2D eigenvalue weighted by Crippen LogP contribution is -2.54. The Balaban J connectivity index is 1.16. The number of ketones is 1. The van der Waals surface area contributed by atoms with Crippen molar-refractivity contribution < 1.29 is 23.9 Å². The number of rotatable bonds is 6. The van der Waals surface area contributed by atoms with E-state index in [-0.39, 0.29) is 35.2 Å². The van der Waals surface area contributed by atoms with Crippen molar-refractivity contribution >= 4 is 17.7 Å². The number of hydrogen-bond acceptors (Lipinski definition) is 5. The van der Waals surface area contributed by atoms with Gasteiger partial charge in [0.15, 0.2) is 0 Å². The van der Waals surface area contributed by atoms with Crippen molar-refractivity contribution in [3.05, 3.63) is 0 Å². The molecule has 15 unspecified atom stereocenters. The van der Waals surface area contributed by atoms with Gasteiger partial charge in [-0.2, -0.15) is 0 Å². The minimum atomic E-state index is -0.438. The highest BCUT2D eigenvalue weighted by Crippen LogP contribution is 2.65. The zero-order chi connectivity index (χ0) is 29.4. The second-order valence-corrected chi connectivity index (χ2v) is 16.5. The summed E-state index contributed by atoms with van der Waals surface area (Å²) in [6.07, 6.45) is 10.5. The van der Waals surface area contributed by atoms with Crippen LogP contribution in [0.15, 0.2) is 0 Å². The van der Waals surface area contributed by atoms with Crippen LogP contribution in [0, 0.1) is 76.4 Å². The zero-order valence-corrected chi connectivity index (χ0v) is 26.8. The van der Waals surface area contributed by atoms with E-state index in [1.807, 2.05) is 0 Å². The second kappa shape index (κ2) is 10.7. The van der Waals surface area contributed by atoms with E-state index >= 15 is 0 Å². The SMILES string of the molecule is CC(=O)CCC(C)C1CCC2C3C(C)CC4CC(OC(=O)C5CC6CC5C(C)C6C)CCC4(C)C3CC(=O)OC12C. The average molecular weight is 569 g/mol. The number of esters is 2. The minimum Gasteiger partial charge on any atom is -0.462 e. The molecule has 15 atom stereocenters. The molecule has 41 heavy (non-hydrogen) atoms. The summed E-state index contributed by atoms with van der Waals surface area (Å²) in [6, 6.07) is 0. The third-order valence-electron chi connectivity index (χ3n) is 14.7. The fraction of sp³-hybridized carbons (Fsp3) is 0.917. The quantitative estimate of drug-likeness (QED) is 0.308. The van der Waals surface area contributed by atoms with Gasteiger partial charge in [-0.05, 0) is 130 Å². The molecule has 1 aliphatic heterocycles. The number of carbonyl (C=O) groups is 3. The van der Waals surface area contributed by atoms with Gasteiger partial charge in [0.2, 0.25) is 0 Å². The van der Waals surface area contributed by atoms with Gasteiger partial charge in [-0.15, -0.1) is 0 Å². The van der Waals surface area contributed by atoms with Crippen molar-refractivity contribution in [3.63, 3.8) is 0 Å². The summed E-state index contributed by atoms with van der Waals surface area (Å²) in [5, 5.41) is 0. The number of carbonyl (C=O) groups excluding carboxylic acids is 3. The monoisotopic (exact) mass is 568 g/mol. The fourth-order valence-corrected chi connectivity index (χ4v) is 12.2. The van der Waals surface area contributed by atoms with Gasteiger partial charge in [0, 0.05) is 24.7 Å². The Morgan fingerprint density at radius 1 is 1.00 bits per heavy atom. The highest BCUT2D eigenvalue weighted by atomic mass is 16.6. The van der Waals surface area contributed by atoms with Crippen LogP contribution in [0.25, 0.3) is 0 Å². The summed E-state index contributed by atoms with van der Waals surface area (Å²) >= 11 is 0. The van der Waals surface area contributed by atoms with Crippen LogP contribution in [0.4, 0.5) is 0 Å². The van der Waals surface area contributed by atoms with E-state index in [0.717, 1.165) is 57.3 Å². The molecule has 0 radical (unpaired) electrons. The molecule has 5 nitrogen and oxygen atoms in total. The van der Waals surface area contributed by atoms with Crippen molar-refractivity contribution in [1.29, 1.82) is 0 Å². The summed E-state index contributed by atoms with van der Waals surface area (Å²) in [6.45, 7) is 15.8. The molecule has 0 aromatic heterocycles. The molecule has 1 heterocycles. The first-order chi connectivity index (χ1) is 19.3. The Morgan fingerprint density at radius 3 is 2.44 bits per heavy atom. The van der Waals surface area contributed by atoms with E-state index in [1.165, 1.54) is 6.42 Å². The highest BCUT2D eigenvalue weighted by molar-refractivity contribution is 5.75. The molecule has 0 N–H and O–H groups in total. The molecule has 6 fully saturated rings. The lowest BCUT2D eigenvalue weighted by Gasteiger charge is -2.58. The first kappa shape index (κ1) is 29.7. The largest absolute Gasteiger partial charge is 0.462 e. The van der Waals surface area contributed by atoms with Gasteiger partial charge in [0.05, 0.1) is 5.92 Å². The number of ether oxygens (including phenoxy) is 2. The van der Waals surface area contributed by atoms with Gasteiger partial charge in [0.1, 0.15) is 17.5 Å². The van der Waals surface area contributed by atoms with E-state index in [1.54, 1.807) is 6.92 Å². The molecule has 0 spiro atoms. The Morgan fingerprint density at radius 2 is 1.76 bits per heavy atom. The van der Waals surface area contributed by atoms with E-state index in [2.05, 4.69) is 41.5 Å². The summed E-state index contributed by atoms with van der Waals surface area (Å²) in [5.74, 6) is 5.87. The molecule has 5 heteroatoms. The standard InChI is InChI=1S/C36H56O5/c1-19(8-9-21(3)37)29-10-11-30-33-20(2)14-25-17-26(40-34(39)28-16-24-15-27(28)23(5)22(24)4)12-13-35(25,6)31(33)18-32(38)41-36(29,30)7/h19-20,22-31,33H,8-18H2,1-7H3. The average Bonchev–Trinajstić information content (AvgIpc) is 3.54. The van der Waals surface area contributed by atoms with Crippen LogP contribution in [-0.2, 0) is 23.9 Å². The molecule has 5 saturated carbocycles. The van der Waals surface area contributed by atoms with Crippen molar-refractivity contribution in [3.8, 4) is 0 Å². The maximum absolute atomic E-state index is 13.6. The maximum Gasteiger partial charge on any atom is 0.309 e. The molecule has 0 amide bonds. The van der Waals surface area contributed by atoms with Crippen molar-refractivity contribution in [2.75, 3.05) is 0 Å². The van der Waals surface area contributed by atoms with E-state index in [4.69, 9.17) is 9.47 Å². The Hall–Kier alpha value is -1.39. The molecule has 1 saturated heterocycles. The second-order valence-electron chi connectivity index (χ2n) is 16.5. The van der Waals surface area contributed by atoms with Crippen LogP contribution in [0.2, 0.25) is 0 Å². The van der Waals surface area contributed by atoms with Crippen LogP contribution >= 0.6 is 0 Å². The third-order valence-corrected chi connectivity index (χ3v) is 14.7. The summed E-state index contributed by atoms with van der Waals surface area (Å²) < 4.78 is 12.8. The summed E-state index contributed by atoms with van der Waals surface area (Å²) in [4.78, 5) is 38.7. The molecular formula is C36H56O5. The van der Waals surface area contributed by atoms with Gasteiger partial charge in [0.25, 0.3) is 0 Å². The first-order valence-corrected chi connectivity index (χ1v) is 17.2. The van der Waals surface area contributed by atoms with Gasteiger partial charge >= 0.3 is 11.9 Å². The molecule has 5 aliphatic carbocycles. The predicted molar refractivity (Wildman–Crippen MR) is 159 cm³/mol. The predicted octanol–water partition coefficient (Wildman–Crippen LogP) is 7.64. The smallest absolute Gasteiger partial charge is 0.309 e. The van der Waals surface area contributed by atoms with Crippen LogP contribution in [0.3, 0.4) is 0 Å². The number of hydrogen-bond donors (Lipinski definition) is 0. The van der Waals surface area contributed by atoms with Crippen molar-refractivity contribution in [1.82, 2.24) is 0 Å². The third kappa shape index (κ3) is 4.82. The Bertz CT molecular complexity index is 1050. The molecular weight excluding hydrogens is 512 g/mol. The molecule has 0 aromatic rings. The number of fused-ring (bicyclic) bond motifs is 7. The van der Waals surface area contributed by atoms with Crippen LogP contribution in [0.5, 0.6) is 0 Å². The Labute approximate surface area is 248 Å². The summed E-state index contributed by atoms with van der Waals surface area (Å²) in [7, 11) is 0. The van der Waals surface area contributed by atoms with Crippen molar-refractivity contribution in [2.24, 2.45) is 76.4 Å². The topological polar surface area (TPSA) is 69.7 Å². The van der Waals surface area contributed by atoms with Gasteiger partial charge in [-0.3, -0.25) is 9.59 Å². The van der Waals surface area contributed by atoms with Crippen LogP contribution in [0.1, 0.15) is 119 Å². The lowest BCUT2D eigenvalue weighted by molar-refractivity contribution is -0.169. The molecule has 6 rings (SSSR count). The lowest BCUT2D eigenvalue weighted by atomic mass is 9.47. The van der Waals surface area contributed by atoms with Gasteiger partial charge in [-0.1, -0.05) is 34.6 Å². The maximum atomic E-state index is 13.6. The molecule has 230 valence electrons. The van der Waals surface area contributed by atoms with Crippen molar-refractivity contribution in [2.45, 2.75) is 131 Å². The normalized spacial score (nSPS) is 51.1. The highest BCUT2D eigenvalue weighted by Gasteiger charge is 2.63. The van der Waals surface area contributed by atoms with Crippen LogP contribution < -0.4 is 0 Å². The van der Waals surface area contributed by atoms with E-state index in [0.29, 0.717) is 72.0 Å². The zero-order valence-electron chi connectivity index (χ0n) is 26.8. The first-order valence-electron chi connectivity index (χ1n) is 17.2. The number of Topliss-reactive ketones (excluding diaryl/α,β-unsaturated/α-hetero) is 1. The summed E-state index contributed by atoms with van der Waals surface area (Å²) in [5.41, 5.74) is -0.356. The fourth-order valence-electron chi connectivity index (χ4n) is 12.2. The Kier molecular flexibility index (Phi) is 7.71. The van der Waals surface area contributed by atoms with Crippen LogP contribution in [-0.4, -0.2) is 29.4 Å².